The number of carbonyl (C=O) groups excluding carboxylic acids is 1. The maximum absolute atomic E-state index is 11.5. The highest BCUT2D eigenvalue weighted by Crippen LogP contribution is 2.03. The average Bonchev–Trinajstić information content (AvgIpc) is 2.78. The lowest BCUT2D eigenvalue weighted by Crippen LogP contribution is -2.39. The van der Waals surface area contributed by atoms with Crippen LogP contribution in [0.4, 0.5) is 4.79 Å². The van der Waals surface area contributed by atoms with Crippen molar-refractivity contribution in [2.45, 2.75) is 32.9 Å². The minimum atomic E-state index is -0.321. The molecule has 0 bridgehead atoms. The van der Waals surface area contributed by atoms with E-state index in [2.05, 4.69) is 10.6 Å². The van der Waals surface area contributed by atoms with Gasteiger partial charge in [-0.1, -0.05) is 6.92 Å². The Morgan fingerprint density at radius 3 is 2.56 bits per heavy atom. The Morgan fingerprint density at radius 2 is 1.94 bits per heavy atom. The van der Waals surface area contributed by atoms with Gasteiger partial charge < -0.3 is 20.3 Å². The molecule has 1 aromatic heterocycles. The minimum Gasteiger partial charge on any atom is -0.393 e. The largest absolute Gasteiger partial charge is 0.393 e. The maximum atomic E-state index is 11.5. The second-order valence-electron chi connectivity index (χ2n) is 4.75. The van der Waals surface area contributed by atoms with Gasteiger partial charge in [0.2, 0.25) is 0 Å². The number of aromatic nitrogens is 1. The number of nitrogens with zero attached hydrogens (tertiary/aromatic N) is 1. The van der Waals surface area contributed by atoms with Crippen molar-refractivity contribution in [3.8, 4) is 0 Å². The van der Waals surface area contributed by atoms with Crippen LogP contribution in [0.15, 0.2) is 24.5 Å². The Balaban J connectivity index is 2.07. The molecule has 2 amide bonds. The number of amides is 2. The average molecular weight is 253 g/mol. The molecule has 0 aliphatic rings. The summed E-state index contributed by atoms with van der Waals surface area (Å²) in [6.45, 7) is 5.72. The number of rotatable bonds is 7. The second-order valence-corrected chi connectivity index (χ2v) is 4.75. The fourth-order valence-corrected chi connectivity index (χ4v) is 1.81. The molecule has 0 aromatic carbocycles. The van der Waals surface area contributed by atoms with Crippen LogP contribution in [-0.2, 0) is 6.54 Å². The fraction of sp³-hybridized carbons (Fsp3) is 0.615. The predicted molar refractivity (Wildman–Crippen MR) is 71.3 cm³/mol. The molecule has 102 valence electrons. The summed E-state index contributed by atoms with van der Waals surface area (Å²) in [5, 5.41) is 14.8. The van der Waals surface area contributed by atoms with Gasteiger partial charge >= 0.3 is 6.03 Å². The standard InChI is InChI=1S/C13H23N3O2/c1-11(9-12(2)17)10-15-13(18)14-5-8-16-6-3-4-7-16/h3-4,6-7,11-12,17H,5,8-10H2,1-2H3,(H2,14,15,18). The van der Waals surface area contributed by atoms with E-state index in [-0.39, 0.29) is 18.1 Å². The molecular weight excluding hydrogens is 230 g/mol. The van der Waals surface area contributed by atoms with Crippen LogP contribution in [-0.4, -0.2) is 34.9 Å². The van der Waals surface area contributed by atoms with Crippen molar-refractivity contribution in [2.24, 2.45) is 5.92 Å². The topological polar surface area (TPSA) is 66.3 Å². The summed E-state index contributed by atoms with van der Waals surface area (Å²) < 4.78 is 2.01. The molecule has 0 spiro atoms. The zero-order valence-electron chi connectivity index (χ0n) is 11.1. The molecule has 2 unspecified atom stereocenters. The van der Waals surface area contributed by atoms with Crippen molar-refractivity contribution in [1.82, 2.24) is 15.2 Å². The quantitative estimate of drug-likeness (QED) is 0.683. The Kier molecular flexibility index (Phi) is 6.28. The van der Waals surface area contributed by atoms with Gasteiger partial charge in [0.15, 0.2) is 0 Å². The number of nitrogens with one attached hydrogen (secondary N) is 2. The smallest absolute Gasteiger partial charge is 0.314 e. The molecule has 0 radical (unpaired) electrons. The predicted octanol–water partition coefficient (Wildman–Crippen LogP) is 1.19. The van der Waals surface area contributed by atoms with Gasteiger partial charge in [0.05, 0.1) is 6.10 Å². The van der Waals surface area contributed by atoms with Gasteiger partial charge in [0.25, 0.3) is 0 Å². The molecule has 2 atom stereocenters. The third kappa shape index (κ3) is 6.30. The Hall–Kier alpha value is -1.49. The summed E-state index contributed by atoms with van der Waals surface area (Å²) in [6, 6.07) is 3.76. The summed E-state index contributed by atoms with van der Waals surface area (Å²) >= 11 is 0. The molecule has 0 aliphatic heterocycles. The van der Waals surface area contributed by atoms with Crippen molar-refractivity contribution in [1.29, 1.82) is 0 Å². The van der Waals surface area contributed by atoms with Crippen molar-refractivity contribution < 1.29 is 9.90 Å². The molecule has 18 heavy (non-hydrogen) atoms. The first-order chi connectivity index (χ1) is 8.58. The molecule has 3 N–H and O–H groups in total. The molecule has 0 fully saturated rings. The van der Waals surface area contributed by atoms with E-state index in [1.54, 1.807) is 6.92 Å². The van der Waals surface area contributed by atoms with Gasteiger partial charge in [0, 0.05) is 32.0 Å². The Bertz CT molecular complexity index is 336. The summed E-state index contributed by atoms with van der Waals surface area (Å²) in [6.07, 6.45) is 4.30. The van der Waals surface area contributed by atoms with Crippen LogP contribution in [0.25, 0.3) is 0 Å². The molecule has 0 aliphatic carbocycles. The molecule has 5 nitrogen and oxygen atoms in total. The number of hydrogen-bond acceptors (Lipinski definition) is 2. The number of urea groups is 1. The highest BCUT2D eigenvalue weighted by Gasteiger charge is 2.07. The number of carbonyl (C=O) groups is 1. The monoisotopic (exact) mass is 253 g/mol. The maximum Gasteiger partial charge on any atom is 0.314 e. The normalized spacial score (nSPS) is 13.9. The molecule has 1 heterocycles. The fourth-order valence-electron chi connectivity index (χ4n) is 1.81. The lowest BCUT2D eigenvalue weighted by molar-refractivity contribution is 0.163. The van der Waals surface area contributed by atoms with Gasteiger partial charge in [-0.05, 0) is 31.4 Å². The molecule has 0 saturated heterocycles. The lowest BCUT2D eigenvalue weighted by atomic mass is 10.1. The van der Waals surface area contributed by atoms with E-state index in [9.17, 15) is 9.90 Å². The van der Waals surface area contributed by atoms with Crippen LogP contribution in [0.5, 0.6) is 0 Å². The molecule has 5 heteroatoms. The van der Waals surface area contributed by atoms with Crippen molar-refractivity contribution in [3.63, 3.8) is 0 Å². The van der Waals surface area contributed by atoms with E-state index in [4.69, 9.17) is 0 Å². The van der Waals surface area contributed by atoms with Crippen LogP contribution < -0.4 is 10.6 Å². The molecule has 1 aromatic rings. The van der Waals surface area contributed by atoms with Gasteiger partial charge in [-0.15, -0.1) is 0 Å². The van der Waals surface area contributed by atoms with E-state index in [1.807, 2.05) is 36.0 Å². The third-order valence-electron chi connectivity index (χ3n) is 2.68. The van der Waals surface area contributed by atoms with Gasteiger partial charge in [0.1, 0.15) is 0 Å². The van der Waals surface area contributed by atoms with E-state index in [0.717, 1.165) is 6.54 Å². The van der Waals surface area contributed by atoms with Gasteiger partial charge in [-0.3, -0.25) is 0 Å². The number of aliphatic hydroxyl groups excluding tert-OH is 1. The summed E-state index contributed by atoms with van der Waals surface area (Å²) in [5.74, 6) is 0.278. The SMILES string of the molecule is CC(O)CC(C)CNC(=O)NCCn1cccc1. The van der Waals surface area contributed by atoms with Crippen LogP contribution in [0, 0.1) is 5.92 Å². The summed E-state index contributed by atoms with van der Waals surface area (Å²) in [7, 11) is 0. The highest BCUT2D eigenvalue weighted by atomic mass is 16.3. The first-order valence-corrected chi connectivity index (χ1v) is 6.38. The highest BCUT2D eigenvalue weighted by molar-refractivity contribution is 5.73. The lowest BCUT2D eigenvalue weighted by Gasteiger charge is -2.14. The van der Waals surface area contributed by atoms with E-state index in [1.165, 1.54) is 0 Å². The van der Waals surface area contributed by atoms with E-state index >= 15 is 0 Å². The molecule has 0 saturated carbocycles. The van der Waals surface area contributed by atoms with Crippen LogP contribution >= 0.6 is 0 Å². The van der Waals surface area contributed by atoms with Crippen LogP contribution in [0.3, 0.4) is 0 Å². The summed E-state index contributed by atoms with van der Waals surface area (Å²) in [5.41, 5.74) is 0. The second kappa shape index (κ2) is 7.76. The third-order valence-corrected chi connectivity index (χ3v) is 2.68. The van der Waals surface area contributed by atoms with Crippen molar-refractivity contribution in [2.75, 3.05) is 13.1 Å². The van der Waals surface area contributed by atoms with Crippen molar-refractivity contribution >= 4 is 6.03 Å². The summed E-state index contributed by atoms with van der Waals surface area (Å²) in [4.78, 5) is 11.5. The zero-order chi connectivity index (χ0) is 13.4. The van der Waals surface area contributed by atoms with E-state index < -0.39 is 0 Å². The molecular formula is C13H23N3O2. The zero-order valence-corrected chi connectivity index (χ0v) is 11.1. The van der Waals surface area contributed by atoms with Crippen LogP contribution in [0.2, 0.25) is 0 Å². The van der Waals surface area contributed by atoms with Gasteiger partial charge in [-0.25, -0.2) is 4.79 Å². The van der Waals surface area contributed by atoms with E-state index in [0.29, 0.717) is 19.5 Å². The molecule has 1 rings (SSSR count). The Morgan fingerprint density at radius 1 is 1.28 bits per heavy atom. The van der Waals surface area contributed by atoms with Crippen molar-refractivity contribution in [3.05, 3.63) is 24.5 Å². The number of aliphatic hydroxyl groups is 1. The first-order valence-electron chi connectivity index (χ1n) is 6.38. The number of hydrogen-bond donors (Lipinski definition) is 3. The first kappa shape index (κ1) is 14.6. The van der Waals surface area contributed by atoms with Crippen LogP contribution in [0.1, 0.15) is 20.3 Å². The van der Waals surface area contributed by atoms with Gasteiger partial charge in [-0.2, -0.15) is 0 Å². The minimum absolute atomic E-state index is 0.153. The Labute approximate surface area is 108 Å².